The molecule has 236 valence electrons. The van der Waals surface area contributed by atoms with Crippen molar-refractivity contribution in [2.45, 2.75) is 53.4 Å². The minimum absolute atomic E-state index is 0. The number of amides is 6. The van der Waals surface area contributed by atoms with Crippen molar-refractivity contribution in [2.24, 2.45) is 0 Å². The summed E-state index contributed by atoms with van der Waals surface area (Å²) in [6, 6.07) is 5.17. The minimum atomic E-state index is -0.556. The predicted octanol–water partition coefficient (Wildman–Crippen LogP) is 4.01. The number of carbonyl (C=O) groups is 4. The third-order valence-electron chi connectivity index (χ3n) is 6.64. The van der Waals surface area contributed by atoms with E-state index in [2.05, 4.69) is 31.0 Å². The number of aromatic nitrogens is 4. The molecule has 2 aliphatic heterocycles. The van der Waals surface area contributed by atoms with E-state index in [1.165, 1.54) is 15.9 Å². The first-order chi connectivity index (χ1) is 20.0. The molecule has 16 heteroatoms. The van der Waals surface area contributed by atoms with Gasteiger partial charge in [-0.3, -0.25) is 30.0 Å². The quantitative estimate of drug-likeness (QED) is 0.313. The second-order valence-corrected chi connectivity index (χ2v) is 9.70. The number of aryl methyl sites for hydroxylation is 1. The maximum absolute atomic E-state index is 14.4. The summed E-state index contributed by atoms with van der Waals surface area (Å²) in [7, 11) is 0. The van der Waals surface area contributed by atoms with Crippen molar-refractivity contribution in [1.82, 2.24) is 31.0 Å². The molecule has 2 N–H and O–H groups in total. The number of nitrogens with zero attached hydrogens (tertiary/aromatic N) is 6. The average Bonchev–Trinajstić information content (AvgIpc) is 3.55. The van der Waals surface area contributed by atoms with Gasteiger partial charge in [-0.25, -0.2) is 18.4 Å². The Kier molecular flexibility index (Phi) is 12.9. The van der Waals surface area contributed by atoms with Crippen LogP contribution in [0.25, 0.3) is 21.8 Å². The fraction of sp³-hybridized carbons (Fsp3) is 0.357. The van der Waals surface area contributed by atoms with Crippen LogP contribution in [0.15, 0.2) is 24.3 Å². The molecule has 2 saturated heterocycles. The number of fused-ring (bicyclic) bond motifs is 2. The van der Waals surface area contributed by atoms with Gasteiger partial charge in [0.2, 0.25) is 11.8 Å². The van der Waals surface area contributed by atoms with Crippen molar-refractivity contribution in [3.05, 3.63) is 47.0 Å². The van der Waals surface area contributed by atoms with Gasteiger partial charge in [-0.2, -0.15) is 0 Å². The summed E-state index contributed by atoms with van der Waals surface area (Å²) >= 11 is 0. The van der Waals surface area contributed by atoms with Gasteiger partial charge >= 0.3 is 12.1 Å². The molecule has 0 aliphatic carbocycles. The van der Waals surface area contributed by atoms with Crippen LogP contribution >= 0.6 is 0 Å². The van der Waals surface area contributed by atoms with Crippen molar-refractivity contribution < 1.29 is 68.8 Å². The summed E-state index contributed by atoms with van der Waals surface area (Å²) in [6.07, 6.45) is 0.376. The largest absolute Gasteiger partial charge is 0.573 e. The molecule has 0 atom stereocenters. The molecular weight excluding hydrogens is 923 g/mol. The molecule has 0 unspecified atom stereocenters. The van der Waals surface area contributed by atoms with E-state index in [1.54, 1.807) is 25.1 Å². The van der Waals surface area contributed by atoms with Gasteiger partial charge in [0, 0.05) is 77.5 Å². The Hall–Kier alpha value is -3.56. The number of halogens is 2. The van der Waals surface area contributed by atoms with E-state index in [0.717, 1.165) is 0 Å². The van der Waals surface area contributed by atoms with Gasteiger partial charge in [0.1, 0.15) is 23.3 Å². The molecule has 2 aromatic carbocycles. The van der Waals surface area contributed by atoms with Crippen LogP contribution in [-0.2, 0) is 50.4 Å². The average molecular weight is 953 g/mol. The Morgan fingerprint density at radius 3 is 1.86 bits per heavy atom. The Morgan fingerprint density at radius 1 is 0.818 bits per heavy atom. The number of urea groups is 2. The van der Waals surface area contributed by atoms with Crippen molar-refractivity contribution >= 4 is 57.3 Å². The molecule has 2 aromatic heterocycles. The Bertz CT molecular complexity index is 1690. The van der Waals surface area contributed by atoms with Gasteiger partial charge in [0.05, 0.1) is 0 Å². The summed E-state index contributed by atoms with van der Waals surface area (Å²) < 4.78 is 28.0. The van der Waals surface area contributed by atoms with Crippen molar-refractivity contribution in [3.63, 3.8) is 0 Å². The number of rotatable bonds is 3. The standard InChI is InChI=1S/C14H15FN4O2.C12H11FN4O2.C2H6.2Re/c1-7(2)8-3-4-9-12(11(8)15)17-18-13(9)19-6-5-10(20)16-14(19)21;1-6-4-9-7(5-8(6)13)11(16-15-9)17-3-2-10(18)14-12(17)19;1-2;;/h3-4,7H,5-6H2,1-2H3,(H2,16,17,18,20,21);4-5H,2-3H2,1H3,(H2,14,15,16,18,19);1-2H3;;/p-2. The molecule has 6 rings (SSSR count). The van der Waals surface area contributed by atoms with Crippen LogP contribution in [0.1, 0.15) is 57.6 Å². The first-order valence-corrected chi connectivity index (χ1v) is 13.5. The van der Waals surface area contributed by atoms with E-state index in [4.69, 9.17) is 0 Å². The van der Waals surface area contributed by atoms with Crippen molar-refractivity contribution in [1.29, 1.82) is 0 Å². The first-order valence-electron chi connectivity index (χ1n) is 13.5. The van der Waals surface area contributed by atoms with Crippen LogP contribution in [0.3, 0.4) is 0 Å². The fourth-order valence-electron chi connectivity index (χ4n) is 4.47. The molecule has 4 aromatic rings. The van der Waals surface area contributed by atoms with E-state index in [0.29, 0.717) is 27.4 Å². The number of hydrogen-bond acceptors (Lipinski definition) is 6. The maximum atomic E-state index is 14.4. The van der Waals surface area contributed by atoms with Crippen LogP contribution in [0.4, 0.5) is 30.0 Å². The molecule has 0 bridgehead atoms. The van der Waals surface area contributed by atoms with Crippen molar-refractivity contribution in [2.75, 3.05) is 22.9 Å². The second kappa shape index (κ2) is 15.4. The van der Waals surface area contributed by atoms with Crippen LogP contribution < -0.4 is 30.6 Å². The van der Waals surface area contributed by atoms with Gasteiger partial charge < -0.3 is 20.4 Å². The number of hydrogen-bond donors (Lipinski definition) is 2. The van der Waals surface area contributed by atoms with E-state index in [9.17, 15) is 28.0 Å². The normalized spacial score (nSPS) is 14.6. The zero-order valence-corrected chi connectivity index (χ0v) is 30.0. The predicted molar refractivity (Wildman–Crippen MR) is 151 cm³/mol. The van der Waals surface area contributed by atoms with Gasteiger partial charge in [0.25, 0.3) is 0 Å². The number of nitrogens with one attached hydrogen (secondary N) is 2. The molecule has 12 nitrogen and oxygen atoms in total. The molecule has 2 radical (unpaired) electrons. The number of imide groups is 2. The smallest absolute Gasteiger partial charge is 0.329 e. The summed E-state index contributed by atoms with van der Waals surface area (Å²) in [5.74, 6) is -0.846. The van der Waals surface area contributed by atoms with Crippen LogP contribution in [0.5, 0.6) is 0 Å². The summed E-state index contributed by atoms with van der Waals surface area (Å²) in [5.41, 5.74) is 1.71. The van der Waals surface area contributed by atoms with Gasteiger partial charge in [0.15, 0.2) is 0 Å². The molecular formula is C28H30F2N8O4Re2-2. The third-order valence-corrected chi connectivity index (χ3v) is 6.64. The Labute approximate surface area is 279 Å². The third kappa shape index (κ3) is 7.38. The van der Waals surface area contributed by atoms with Crippen LogP contribution in [-0.4, -0.2) is 47.2 Å². The SMILES string of the molecule is CC.CC(C)c1ccc2c(N3CCC(=O)NC3=O)n[n-]c2c1F.Cc1cc2[n-]nc(N3CCC(=O)NC3=O)c2cc1F.[Re].[Re]. The zero-order chi connectivity index (χ0) is 30.7. The van der Waals surface area contributed by atoms with E-state index in [1.807, 2.05) is 27.7 Å². The molecule has 4 heterocycles. The summed E-state index contributed by atoms with van der Waals surface area (Å²) in [4.78, 5) is 48.4. The fourth-order valence-corrected chi connectivity index (χ4v) is 4.47. The topological polar surface area (TPSA) is 153 Å². The molecule has 2 aliphatic rings. The van der Waals surface area contributed by atoms with Gasteiger partial charge in [-0.05, 0) is 30.0 Å². The summed E-state index contributed by atoms with van der Waals surface area (Å²) in [6.45, 7) is 9.85. The van der Waals surface area contributed by atoms with Gasteiger partial charge in [-0.15, -0.1) is 5.52 Å². The summed E-state index contributed by atoms with van der Waals surface area (Å²) in [5, 5.41) is 21.0. The molecule has 0 saturated carbocycles. The molecule has 44 heavy (non-hydrogen) atoms. The number of carbonyl (C=O) groups excluding carboxylic acids is 4. The first kappa shape index (κ1) is 36.6. The minimum Gasteiger partial charge on any atom is -0.573 e. The van der Waals surface area contributed by atoms with Gasteiger partial charge in [-0.1, -0.05) is 51.4 Å². The maximum Gasteiger partial charge on any atom is 0.329 e. The molecule has 6 amide bonds. The zero-order valence-electron chi connectivity index (χ0n) is 24.5. The van der Waals surface area contributed by atoms with Crippen LogP contribution in [0.2, 0.25) is 0 Å². The second-order valence-electron chi connectivity index (χ2n) is 9.70. The molecule has 0 spiro atoms. The molecule has 2 fully saturated rings. The van der Waals surface area contributed by atoms with E-state index in [-0.39, 0.29) is 107 Å². The monoisotopic (exact) mass is 954 g/mol. The number of benzene rings is 2. The Balaban J connectivity index is 0.000000280. The number of anilines is 2. The van der Waals surface area contributed by atoms with E-state index >= 15 is 0 Å². The Morgan fingerprint density at radius 2 is 1.34 bits per heavy atom. The van der Waals surface area contributed by atoms with E-state index < -0.39 is 17.9 Å². The van der Waals surface area contributed by atoms with Crippen molar-refractivity contribution in [3.8, 4) is 0 Å². The van der Waals surface area contributed by atoms with Crippen LogP contribution in [0, 0.1) is 18.6 Å².